The molecule has 1 aliphatic carbocycles. The first-order valence-electron chi connectivity index (χ1n) is 6.24. The van der Waals surface area contributed by atoms with Crippen LogP contribution in [0.5, 0.6) is 0 Å². The molecule has 0 spiro atoms. The summed E-state index contributed by atoms with van der Waals surface area (Å²) in [4.78, 5) is 13.7. The number of carbonyl (C=O) groups excluding carboxylic acids is 1. The number of fused-ring (bicyclic) bond motifs is 1. The van der Waals surface area contributed by atoms with Crippen molar-refractivity contribution in [3.63, 3.8) is 0 Å². The van der Waals surface area contributed by atoms with Gasteiger partial charge in [-0.05, 0) is 25.7 Å². The highest BCUT2D eigenvalue weighted by atomic mass is 16.3. The molecule has 1 saturated carbocycles. The van der Waals surface area contributed by atoms with E-state index in [1.165, 1.54) is 12.8 Å². The molecule has 3 N–H and O–H groups in total. The van der Waals surface area contributed by atoms with Gasteiger partial charge in [0, 0.05) is 18.5 Å². The molecule has 2 fully saturated rings. The second kappa shape index (κ2) is 4.34. The largest absolute Gasteiger partial charge is 0.396 e. The Morgan fingerprint density at radius 3 is 2.94 bits per heavy atom. The first-order chi connectivity index (χ1) is 7.59. The smallest absolute Gasteiger partial charge is 0.239 e. The number of nitrogens with two attached hydrogens (primary N) is 1. The number of likely N-dealkylation sites (tertiary alicyclic amines) is 1. The van der Waals surface area contributed by atoms with E-state index in [4.69, 9.17) is 5.73 Å². The van der Waals surface area contributed by atoms with Crippen molar-refractivity contribution in [1.29, 1.82) is 0 Å². The molecule has 1 saturated heterocycles. The van der Waals surface area contributed by atoms with Crippen molar-refractivity contribution in [1.82, 2.24) is 4.90 Å². The van der Waals surface area contributed by atoms with E-state index in [0.717, 1.165) is 19.4 Å². The third kappa shape index (κ3) is 1.84. The topological polar surface area (TPSA) is 66.6 Å². The van der Waals surface area contributed by atoms with Gasteiger partial charge in [0.05, 0.1) is 12.6 Å². The molecular weight excluding hydrogens is 204 g/mol. The Morgan fingerprint density at radius 1 is 1.62 bits per heavy atom. The molecule has 4 heteroatoms. The van der Waals surface area contributed by atoms with Crippen LogP contribution in [0, 0.1) is 11.3 Å². The van der Waals surface area contributed by atoms with Crippen molar-refractivity contribution < 1.29 is 9.90 Å². The normalized spacial score (nSPS) is 35.9. The second-order valence-corrected chi connectivity index (χ2v) is 5.47. The standard InChI is InChI=1S/C12H22N2O2/c1-9(13)11(16)14-6-10-4-2-3-5-12(10,7-14)8-15/h9-10,15H,2-8,13H2,1H3/t9-,10+,12+/m0/s1. The van der Waals surface area contributed by atoms with E-state index in [-0.39, 0.29) is 17.9 Å². The average Bonchev–Trinajstić information content (AvgIpc) is 2.67. The molecular formula is C12H22N2O2. The summed E-state index contributed by atoms with van der Waals surface area (Å²) in [5.41, 5.74) is 5.61. The molecule has 16 heavy (non-hydrogen) atoms. The zero-order valence-corrected chi connectivity index (χ0v) is 9.98. The zero-order valence-electron chi connectivity index (χ0n) is 9.98. The minimum atomic E-state index is -0.420. The van der Waals surface area contributed by atoms with Crippen LogP contribution in [0.1, 0.15) is 32.6 Å². The predicted molar refractivity (Wildman–Crippen MR) is 61.7 cm³/mol. The Kier molecular flexibility index (Phi) is 3.22. The summed E-state index contributed by atoms with van der Waals surface area (Å²) in [5.74, 6) is 0.510. The van der Waals surface area contributed by atoms with Crippen LogP contribution in [0.15, 0.2) is 0 Å². The minimum absolute atomic E-state index is 0.0250. The molecule has 0 bridgehead atoms. The molecule has 92 valence electrons. The van der Waals surface area contributed by atoms with Gasteiger partial charge >= 0.3 is 0 Å². The summed E-state index contributed by atoms with van der Waals surface area (Å²) in [6.45, 7) is 3.44. The maximum absolute atomic E-state index is 11.9. The van der Waals surface area contributed by atoms with Gasteiger partial charge < -0.3 is 15.7 Å². The molecule has 0 aromatic carbocycles. The molecule has 1 heterocycles. The fraction of sp³-hybridized carbons (Fsp3) is 0.917. The summed E-state index contributed by atoms with van der Waals surface area (Å²) in [7, 11) is 0. The van der Waals surface area contributed by atoms with Crippen LogP contribution in [0.4, 0.5) is 0 Å². The minimum Gasteiger partial charge on any atom is -0.396 e. The van der Waals surface area contributed by atoms with Crippen molar-refractivity contribution in [3.05, 3.63) is 0 Å². The summed E-state index contributed by atoms with van der Waals surface area (Å²) < 4.78 is 0. The van der Waals surface area contributed by atoms with Crippen LogP contribution in [0.2, 0.25) is 0 Å². The maximum Gasteiger partial charge on any atom is 0.239 e. The number of rotatable bonds is 2. The van der Waals surface area contributed by atoms with Crippen molar-refractivity contribution >= 4 is 5.91 Å². The Bertz CT molecular complexity index is 280. The molecule has 0 aromatic heterocycles. The average molecular weight is 226 g/mol. The molecule has 3 atom stereocenters. The molecule has 4 nitrogen and oxygen atoms in total. The molecule has 0 unspecified atom stereocenters. The van der Waals surface area contributed by atoms with Gasteiger partial charge in [0.2, 0.25) is 5.91 Å². The first-order valence-corrected chi connectivity index (χ1v) is 6.24. The summed E-state index contributed by atoms with van der Waals surface area (Å²) in [5, 5.41) is 9.62. The van der Waals surface area contributed by atoms with Crippen LogP contribution in [0.25, 0.3) is 0 Å². The highest BCUT2D eigenvalue weighted by molar-refractivity contribution is 5.81. The predicted octanol–water partition coefficient (Wildman–Crippen LogP) is 0.345. The third-order valence-electron chi connectivity index (χ3n) is 4.31. The lowest BCUT2D eigenvalue weighted by molar-refractivity contribution is -0.131. The maximum atomic E-state index is 11.9. The molecule has 1 amide bonds. The summed E-state index contributed by atoms with van der Waals surface area (Å²) in [6.07, 6.45) is 4.60. The first kappa shape index (κ1) is 11.9. The molecule has 0 radical (unpaired) electrons. The Balaban J connectivity index is 2.10. The number of amides is 1. The van der Waals surface area contributed by atoms with Crippen molar-refractivity contribution in [2.75, 3.05) is 19.7 Å². The summed E-state index contributed by atoms with van der Waals surface area (Å²) in [6, 6.07) is -0.420. The van der Waals surface area contributed by atoms with Gasteiger partial charge in [-0.25, -0.2) is 0 Å². The lowest BCUT2D eigenvalue weighted by Crippen LogP contribution is -2.42. The van der Waals surface area contributed by atoms with E-state index in [1.54, 1.807) is 6.92 Å². The number of hydrogen-bond acceptors (Lipinski definition) is 3. The number of hydrogen-bond donors (Lipinski definition) is 2. The van der Waals surface area contributed by atoms with Gasteiger partial charge in [-0.3, -0.25) is 4.79 Å². The van der Waals surface area contributed by atoms with E-state index in [1.807, 2.05) is 4.90 Å². The van der Waals surface area contributed by atoms with Gasteiger partial charge in [-0.2, -0.15) is 0 Å². The van der Waals surface area contributed by atoms with Gasteiger partial charge in [-0.15, -0.1) is 0 Å². The van der Waals surface area contributed by atoms with Gasteiger partial charge in [-0.1, -0.05) is 12.8 Å². The van der Waals surface area contributed by atoms with Gasteiger partial charge in [0.25, 0.3) is 0 Å². The van der Waals surface area contributed by atoms with E-state index >= 15 is 0 Å². The Hall–Kier alpha value is -0.610. The van der Waals surface area contributed by atoms with Gasteiger partial charge in [0.15, 0.2) is 0 Å². The van der Waals surface area contributed by atoms with Crippen LogP contribution >= 0.6 is 0 Å². The lowest BCUT2D eigenvalue weighted by atomic mass is 9.69. The van der Waals surface area contributed by atoms with E-state index in [9.17, 15) is 9.90 Å². The lowest BCUT2D eigenvalue weighted by Gasteiger charge is -2.36. The summed E-state index contributed by atoms with van der Waals surface area (Å²) >= 11 is 0. The molecule has 2 rings (SSSR count). The highest BCUT2D eigenvalue weighted by Gasteiger charge is 2.48. The van der Waals surface area contributed by atoms with Crippen LogP contribution in [-0.4, -0.2) is 41.7 Å². The van der Waals surface area contributed by atoms with Crippen molar-refractivity contribution in [2.24, 2.45) is 17.1 Å². The van der Waals surface area contributed by atoms with Crippen molar-refractivity contribution in [3.8, 4) is 0 Å². The molecule has 2 aliphatic rings. The Labute approximate surface area is 96.8 Å². The highest BCUT2D eigenvalue weighted by Crippen LogP contribution is 2.46. The number of aliphatic hydroxyl groups excluding tert-OH is 1. The fourth-order valence-electron chi connectivity index (χ4n) is 3.30. The van der Waals surface area contributed by atoms with E-state index in [2.05, 4.69) is 0 Å². The fourth-order valence-corrected chi connectivity index (χ4v) is 3.30. The number of nitrogens with zero attached hydrogens (tertiary/aromatic N) is 1. The van der Waals surface area contributed by atoms with Crippen LogP contribution < -0.4 is 5.73 Å². The van der Waals surface area contributed by atoms with Gasteiger partial charge in [0.1, 0.15) is 0 Å². The monoisotopic (exact) mass is 226 g/mol. The Morgan fingerprint density at radius 2 is 2.38 bits per heavy atom. The SMILES string of the molecule is C[C@H](N)C(=O)N1C[C@H]2CCCC[C@]2(CO)C1. The van der Waals surface area contributed by atoms with E-state index in [0.29, 0.717) is 12.5 Å². The van der Waals surface area contributed by atoms with Crippen LogP contribution in [-0.2, 0) is 4.79 Å². The van der Waals surface area contributed by atoms with Crippen LogP contribution in [0.3, 0.4) is 0 Å². The molecule has 1 aliphatic heterocycles. The zero-order chi connectivity index (χ0) is 11.8. The second-order valence-electron chi connectivity index (χ2n) is 5.47. The van der Waals surface area contributed by atoms with Crippen molar-refractivity contribution in [2.45, 2.75) is 38.6 Å². The third-order valence-corrected chi connectivity index (χ3v) is 4.31. The molecule has 0 aromatic rings. The van der Waals surface area contributed by atoms with E-state index < -0.39 is 6.04 Å². The number of carbonyl (C=O) groups is 1. The quantitative estimate of drug-likeness (QED) is 0.714. The number of aliphatic hydroxyl groups is 1.